The van der Waals surface area contributed by atoms with Gasteiger partial charge in [0.2, 0.25) is 10.0 Å². The summed E-state index contributed by atoms with van der Waals surface area (Å²) in [6.07, 6.45) is 2.33. The number of sulfone groups is 1. The Hall–Kier alpha value is -1.64. The molecule has 2 aromatic rings. The van der Waals surface area contributed by atoms with E-state index in [2.05, 4.69) is 4.72 Å². The van der Waals surface area contributed by atoms with Gasteiger partial charge in [-0.3, -0.25) is 0 Å². The van der Waals surface area contributed by atoms with Crippen LogP contribution in [0.25, 0.3) is 0 Å². The van der Waals surface area contributed by atoms with E-state index in [1.54, 1.807) is 18.2 Å². The molecule has 0 fully saturated rings. The number of furan rings is 1. The molecule has 8 heteroatoms. The van der Waals surface area contributed by atoms with E-state index in [1.807, 2.05) is 6.92 Å². The summed E-state index contributed by atoms with van der Waals surface area (Å²) in [5.41, 5.74) is 0.933. The molecule has 0 aliphatic rings. The van der Waals surface area contributed by atoms with Crippen LogP contribution in [0.2, 0.25) is 0 Å². The van der Waals surface area contributed by atoms with Crippen molar-refractivity contribution in [1.29, 1.82) is 0 Å². The first-order chi connectivity index (χ1) is 10.2. The highest BCUT2D eigenvalue weighted by molar-refractivity contribution is 7.92. The van der Waals surface area contributed by atoms with Gasteiger partial charge in [-0.05, 0) is 31.2 Å². The molecular formula is C14H17NO5S2. The number of rotatable bonds is 6. The minimum Gasteiger partial charge on any atom is -0.468 e. The topological polar surface area (TPSA) is 93.5 Å². The summed E-state index contributed by atoms with van der Waals surface area (Å²) >= 11 is 0. The molecule has 120 valence electrons. The lowest BCUT2D eigenvalue weighted by molar-refractivity contribution is 0.487. The second-order valence-electron chi connectivity index (χ2n) is 4.98. The van der Waals surface area contributed by atoms with Crippen molar-refractivity contribution in [2.45, 2.75) is 17.1 Å². The standard InChI is InChI=1S/C14H17NO5S2/c1-11-5-7-12(8-6-11)22(18,19)14(10-15-21(2,16)17)13-4-3-9-20-13/h3-9,14-15H,10H2,1-2H3. The van der Waals surface area contributed by atoms with Gasteiger partial charge in [-0.15, -0.1) is 0 Å². The van der Waals surface area contributed by atoms with Gasteiger partial charge in [0, 0.05) is 6.54 Å². The molecule has 2 rings (SSSR count). The molecule has 22 heavy (non-hydrogen) atoms. The second-order valence-corrected chi connectivity index (χ2v) is 8.95. The zero-order chi connectivity index (χ0) is 16.4. The summed E-state index contributed by atoms with van der Waals surface area (Å²) in [5.74, 6) is 0.191. The first kappa shape index (κ1) is 16.7. The van der Waals surface area contributed by atoms with Crippen molar-refractivity contribution in [2.75, 3.05) is 12.8 Å². The van der Waals surface area contributed by atoms with Crippen molar-refractivity contribution >= 4 is 19.9 Å². The van der Waals surface area contributed by atoms with Crippen molar-refractivity contribution in [2.24, 2.45) is 0 Å². The summed E-state index contributed by atoms with van der Waals surface area (Å²) in [4.78, 5) is 0.120. The Balaban J connectivity index is 2.41. The Labute approximate surface area is 130 Å². The summed E-state index contributed by atoms with van der Waals surface area (Å²) in [5, 5.41) is -1.13. The molecule has 0 bridgehead atoms. The number of benzene rings is 1. The molecule has 0 spiro atoms. The Kier molecular flexibility index (Phi) is 4.74. The van der Waals surface area contributed by atoms with E-state index in [9.17, 15) is 16.8 Å². The van der Waals surface area contributed by atoms with Gasteiger partial charge in [-0.25, -0.2) is 21.6 Å². The third kappa shape index (κ3) is 3.96. The number of hydrogen-bond acceptors (Lipinski definition) is 5. The van der Waals surface area contributed by atoms with Gasteiger partial charge in [0.25, 0.3) is 0 Å². The summed E-state index contributed by atoms with van der Waals surface area (Å²) in [6.45, 7) is 1.56. The second kappa shape index (κ2) is 6.23. The van der Waals surface area contributed by atoms with Gasteiger partial charge in [0.05, 0.1) is 17.4 Å². The number of aryl methyl sites for hydroxylation is 1. The lowest BCUT2D eigenvalue weighted by Gasteiger charge is -2.16. The molecular weight excluding hydrogens is 326 g/mol. The monoisotopic (exact) mass is 343 g/mol. The van der Waals surface area contributed by atoms with Crippen LogP contribution in [0.5, 0.6) is 0 Å². The highest BCUT2D eigenvalue weighted by atomic mass is 32.2. The van der Waals surface area contributed by atoms with Crippen molar-refractivity contribution in [3.63, 3.8) is 0 Å². The Morgan fingerprint density at radius 3 is 2.23 bits per heavy atom. The van der Waals surface area contributed by atoms with Gasteiger partial charge in [-0.2, -0.15) is 0 Å². The zero-order valence-corrected chi connectivity index (χ0v) is 13.8. The number of nitrogens with one attached hydrogen (secondary N) is 1. The maximum absolute atomic E-state index is 12.8. The molecule has 6 nitrogen and oxygen atoms in total. The average Bonchev–Trinajstić information content (AvgIpc) is 2.91. The predicted octanol–water partition coefficient (Wildman–Crippen LogP) is 1.65. The normalized spacial score (nSPS) is 13.9. The van der Waals surface area contributed by atoms with E-state index < -0.39 is 25.1 Å². The Morgan fingerprint density at radius 1 is 1.09 bits per heavy atom. The van der Waals surface area contributed by atoms with Gasteiger partial charge >= 0.3 is 0 Å². The molecule has 1 N–H and O–H groups in total. The molecule has 0 saturated heterocycles. The molecule has 1 atom stereocenters. The van der Waals surface area contributed by atoms with Crippen molar-refractivity contribution < 1.29 is 21.3 Å². The van der Waals surface area contributed by atoms with E-state index in [4.69, 9.17) is 4.42 Å². The quantitative estimate of drug-likeness (QED) is 0.861. The summed E-state index contributed by atoms with van der Waals surface area (Å²) in [7, 11) is -7.30. The van der Waals surface area contributed by atoms with Crippen molar-refractivity contribution in [1.82, 2.24) is 4.72 Å². The van der Waals surface area contributed by atoms with Crippen LogP contribution in [0.15, 0.2) is 52.0 Å². The van der Waals surface area contributed by atoms with E-state index in [-0.39, 0.29) is 17.2 Å². The summed E-state index contributed by atoms with van der Waals surface area (Å²) in [6, 6.07) is 9.46. The zero-order valence-electron chi connectivity index (χ0n) is 12.2. The van der Waals surface area contributed by atoms with Gasteiger partial charge in [-0.1, -0.05) is 17.7 Å². The van der Waals surface area contributed by atoms with Crippen LogP contribution in [0.1, 0.15) is 16.6 Å². The SMILES string of the molecule is Cc1ccc(S(=O)(=O)C(CNS(C)(=O)=O)c2ccco2)cc1. The van der Waals surface area contributed by atoms with E-state index in [1.165, 1.54) is 24.5 Å². The molecule has 1 heterocycles. The third-order valence-corrected chi connectivity index (χ3v) is 5.88. The molecule has 0 amide bonds. The van der Waals surface area contributed by atoms with Gasteiger partial charge in [0.15, 0.2) is 9.84 Å². The van der Waals surface area contributed by atoms with E-state index >= 15 is 0 Å². The fraction of sp³-hybridized carbons (Fsp3) is 0.286. The first-order valence-corrected chi connectivity index (χ1v) is 9.92. The first-order valence-electron chi connectivity index (χ1n) is 6.49. The maximum Gasteiger partial charge on any atom is 0.208 e. The van der Waals surface area contributed by atoms with Crippen LogP contribution < -0.4 is 4.72 Å². The summed E-state index contributed by atoms with van der Waals surface area (Å²) < 4.78 is 55.5. The molecule has 1 unspecified atom stereocenters. The minimum atomic E-state index is -3.78. The van der Waals surface area contributed by atoms with Crippen LogP contribution in [0.4, 0.5) is 0 Å². The van der Waals surface area contributed by atoms with E-state index in [0.717, 1.165) is 11.8 Å². The molecule has 1 aromatic carbocycles. The smallest absolute Gasteiger partial charge is 0.208 e. The number of hydrogen-bond donors (Lipinski definition) is 1. The van der Waals surface area contributed by atoms with Crippen LogP contribution in [-0.2, 0) is 19.9 Å². The van der Waals surface area contributed by atoms with Crippen molar-refractivity contribution in [3.8, 4) is 0 Å². The van der Waals surface area contributed by atoms with Crippen LogP contribution in [0.3, 0.4) is 0 Å². The average molecular weight is 343 g/mol. The maximum atomic E-state index is 12.8. The Bertz CT molecular complexity index is 822. The van der Waals surface area contributed by atoms with Crippen LogP contribution >= 0.6 is 0 Å². The van der Waals surface area contributed by atoms with E-state index in [0.29, 0.717) is 0 Å². The highest BCUT2D eigenvalue weighted by Gasteiger charge is 2.32. The molecule has 0 saturated carbocycles. The third-order valence-electron chi connectivity index (χ3n) is 3.12. The fourth-order valence-electron chi connectivity index (χ4n) is 1.96. The Morgan fingerprint density at radius 2 is 1.73 bits per heavy atom. The lowest BCUT2D eigenvalue weighted by Crippen LogP contribution is -2.31. The molecule has 0 radical (unpaired) electrons. The molecule has 0 aliphatic carbocycles. The predicted molar refractivity (Wildman–Crippen MR) is 82.7 cm³/mol. The number of sulfonamides is 1. The van der Waals surface area contributed by atoms with Gasteiger partial charge in [0.1, 0.15) is 11.0 Å². The largest absolute Gasteiger partial charge is 0.468 e. The molecule has 0 aliphatic heterocycles. The van der Waals surface area contributed by atoms with Crippen molar-refractivity contribution in [3.05, 3.63) is 54.0 Å². The fourth-order valence-corrected chi connectivity index (χ4v) is 4.12. The van der Waals surface area contributed by atoms with Gasteiger partial charge < -0.3 is 4.42 Å². The van der Waals surface area contributed by atoms with Crippen LogP contribution in [-0.4, -0.2) is 29.6 Å². The molecule has 1 aromatic heterocycles. The van der Waals surface area contributed by atoms with Crippen LogP contribution in [0, 0.1) is 6.92 Å². The minimum absolute atomic E-state index is 0.120. The highest BCUT2D eigenvalue weighted by Crippen LogP contribution is 2.29. The lowest BCUT2D eigenvalue weighted by atomic mass is 10.2.